The van der Waals surface area contributed by atoms with Crippen molar-refractivity contribution in [1.82, 2.24) is 0 Å². The first-order chi connectivity index (χ1) is 9.72. The number of anilines is 1. The molecule has 0 unspecified atom stereocenters. The minimum absolute atomic E-state index is 0.666. The van der Waals surface area contributed by atoms with Crippen LogP contribution in [0.5, 0.6) is 0 Å². The summed E-state index contributed by atoms with van der Waals surface area (Å²) in [6.45, 7) is 2.24. The Morgan fingerprint density at radius 2 is 1.50 bits per heavy atom. The van der Waals surface area contributed by atoms with Crippen LogP contribution in [0.3, 0.4) is 0 Å². The van der Waals surface area contributed by atoms with Gasteiger partial charge in [0.15, 0.2) is 0 Å². The van der Waals surface area contributed by atoms with Crippen molar-refractivity contribution in [3.63, 3.8) is 0 Å². The first-order valence-electron chi connectivity index (χ1n) is 6.98. The molecule has 1 aliphatic heterocycles. The molecule has 20 heavy (non-hydrogen) atoms. The van der Waals surface area contributed by atoms with Crippen molar-refractivity contribution in [3.05, 3.63) is 63.6 Å². The molecule has 0 radical (unpaired) electrons. The summed E-state index contributed by atoms with van der Waals surface area (Å²) < 4.78 is 1.14. The fourth-order valence-electron chi connectivity index (χ4n) is 2.86. The molecule has 0 aliphatic carbocycles. The van der Waals surface area contributed by atoms with Crippen molar-refractivity contribution in [2.75, 3.05) is 18.0 Å². The van der Waals surface area contributed by atoms with Crippen LogP contribution in [0.4, 0.5) is 5.69 Å². The smallest absolute Gasteiger partial charge is 0.0406 e. The van der Waals surface area contributed by atoms with E-state index in [1.807, 2.05) is 12.1 Å². The van der Waals surface area contributed by atoms with Crippen LogP contribution in [-0.4, -0.2) is 13.1 Å². The van der Waals surface area contributed by atoms with Crippen LogP contribution in [0.25, 0.3) is 0 Å². The number of hydrogen-bond acceptors (Lipinski definition) is 1. The van der Waals surface area contributed by atoms with Crippen LogP contribution in [0.1, 0.15) is 24.3 Å². The van der Waals surface area contributed by atoms with E-state index in [1.54, 1.807) is 0 Å². The maximum Gasteiger partial charge on any atom is 0.0406 e. The van der Waals surface area contributed by atoms with E-state index in [1.165, 1.54) is 24.1 Å². The van der Waals surface area contributed by atoms with E-state index < -0.39 is 0 Å². The summed E-state index contributed by atoms with van der Waals surface area (Å²) in [5, 5.41) is 0.820. The number of nitrogens with zero attached hydrogens (tertiary/aromatic N) is 1. The van der Waals surface area contributed by atoms with Gasteiger partial charge in [0.1, 0.15) is 0 Å². The Morgan fingerprint density at radius 1 is 0.900 bits per heavy atom. The Labute approximate surface area is 133 Å². The average Bonchev–Trinajstić information content (AvgIpc) is 2.49. The van der Waals surface area contributed by atoms with E-state index in [0.29, 0.717) is 5.92 Å². The van der Waals surface area contributed by atoms with E-state index in [2.05, 4.69) is 57.2 Å². The van der Waals surface area contributed by atoms with Gasteiger partial charge in [0.05, 0.1) is 0 Å². The van der Waals surface area contributed by atoms with E-state index in [4.69, 9.17) is 11.6 Å². The van der Waals surface area contributed by atoms with Crippen molar-refractivity contribution >= 4 is 33.2 Å². The third-order valence-corrected chi connectivity index (χ3v) is 4.81. The second-order valence-corrected chi connectivity index (χ2v) is 6.64. The second kappa shape index (κ2) is 6.19. The van der Waals surface area contributed by atoms with Crippen molar-refractivity contribution in [1.29, 1.82) is 0 Å². The lowest BCUT2D eigenvalue weighted by Crippen LogP contribution is -2.32. The summed E-state index contributed by atoms with van der Waals surface area (Å²) in [5.74, 6) is 0.666. The number of halogens is 2. The molecule has 0 aromatic heterocycles. The Kier molecular flexibility index (Phi) is 4.32. The maximum absolute atomic E-state index is 5.95. The molecular formula is C17H17BrClN. The lowest BCUT2D eigenvalue weighted by molar-refractivity contribution is 0.505. The third kappa shape index (κ3) is 3.18. The normalized spacial score (nSPS) is 16.4. The summed E-state index contributed by atoms with van der Waals surface area (Å²) in [6.07, 6.45) is 2.41. The molecule has 3 heteroatoms. The number of benzene rings is 2. The number of hydrogen-bond donors (Lipinski definition) is 0. The van der Waals surface area contributed by atoms with Gasteiger partial charge < -0.3 is 4.90 Å². The quantitative estimate of drug-likeness (QED) is 0.692. The van der Waals surface area contributed by atoms with Gasteiger partial charge in [-0.15, -0.1) is 0 Å². The minimum atomic E-state index is 0.666. The number of piperidine rings is 1. The fraction of sp³-hybridized carbons (Fsp3) is 0.294. The van der Waals surface area contributed by atoms with E-state index in [9.17, 15) is 0 Å². The summed E-state index contributed by atoms with van der Waals surface area (Å²) in [4.78, 5) is 2.47. The van der Waals surface area contributed by atoms with E-state index >= 15 is 0 Å². The zero-order chi connectivity index (χ0) is 13.9. The van der Waals surface area contributed by atoms with Gasteiger partial charge in [-0.05, 0) is 60.7 Å². The fourth-order valence-corrected chi connectivity index (χ4v) is 3.25. The first-order valence-corrected chi connectivity index (χ1v) is 8.15. The van der Waals surface area contributed by atoms with Gasteiger partial charge in [0.25, 0.3) is 0 Å². The molecule has 0 N–H and O–H groups in total. The van der Waals surface area contributed by atoms with Gasteiger partial charge in [-0.1, -0.05) is 39.7 Å². The molecule has 1 aliphatic rings. The summed E-state index contributed by atoms with van der Waals surface area (Å²) >= 11 is 9.44. The van der Waals surface area contributed by atoms with Crippen molar-refractivity contribution in [2.24, 2.45) is 0 Å². The average molecular weight is 351 g/mol. The highest BCUT2D eigenvalue weighted by molar-refractivity contribution is 9.10. The molecular weight excluding hydrogens is 334 g/mol. The van der Waals surface area contributed by atoms with Crippen LogP contribution < -0.4 is 4.90 Å². The third-order valence-electron chi connectivity index (χ3n) is 4.03. The zero-order valence-corrected chi connectivity index (χ0v) is 13.6. The Bertz CT molecular complexity index is 503. The molecule has 3 rings (SSSR count). The predicted molar refractivity (Wildman–Crippen MR) is 89.8 cm³/mol. The summed E-state index contributed by atoms with van der Waals surface area (Å²) in [6, 6.07) is 16.9. The van der Waals surface area contributed by atoms with Crippen LogP contribution in [0.15, 0.2) is 53.0 Å². The molecule has 1 heterocycles. The zero-order valence-electron chi connectivity index (χ0n) is 11.2. The molecule has 0 atom stereocenters. The first kappa shape index (κ1) is 14.0. The van der Waals surface area contributed by atoms with E-state index in [0.717, 1.165) is 22.6 Å². The molecule has 1 nitrogen and oxygen atoms in total. The van der Waals surface area contributed by atoms with Crippen LogP contribution >= 0.6 is 27.5 Å². The van der Waals surface area contributed by atoms with Gasteiger partial charge in [0, 0.05) is 28.3 Å². The highest BCUT2D eigenvalue weighted by atomic mass is 79.9. The topological polar surface area (TPSA) is 3.24 Å². The van der Waals surface area contributed by atoms with E-state index in [-0.39, 0.29) is 0 Å². The SMILES string of the molecule is Clc1ccc(C2CCN(c3ccc(Br)cc3)CC2)cc1. The second-order valence-electron chi connectivity index (χ2n) is 5.29. The lowest BCUT2D eigenvalue weighted by atomic mass is 9.89. The van der Waals surface area contributed by atoms with Gasteiger partial charge in [0.2, 0.25) is 0 Å². The number of rotatable bonds is 2. The Balaban J connectivity index is 1.64. The Morgan fingerprint density at radius 3 is 2.10 bits per heavy atom. The van der Waals surface area contributed by atoms with Crippen molar-refractivity contribution < 1.29 is 0 Å². The van der Waals surface area contributed by atoms with Crippen LogP contribution in [-0.2, 0) is 0 Å². The standard InChI is InChI=1S/C17H17BrClN/c18-15-3-7-17(8-4-15)20-11-9-14(10-12-20)13-1-5-16(19)6-2-13/h1-8,14H,9-12H2. The summed E-state index contributed by atoms with van der Waals surface area (Å²) in [7, 11) is 0. The monoisotopic (exact) mass is 349 g/mol. The molecule has 2 aromatic rings. The molecule has 104 valence electrons. The van der Waals surface area contributed by atoms with Gasteiger partial charge in [-0.25, -0.2) is 0 Å². The largest absolute Gasteiger partial charge is 0.371 e. The van der Waals surface area contributed by atoms with Gasteiger partial charge >= 0.3 is 0 Å². The highest BCUT2D eigenvalue weighted by Crippen LogP contribution is 2.31. The van der Waals surface area contributed by atoms with Crippen molar-refractivity contribution in [2.45, 2.75) is 18.8 Å². The minimum Gasteiger partial charge on any atom is -0.371 e. The molecule has 2 aromatic carbocycles. The Hall–Kier alpha value is -0.990. The summed E-state index contributed by atoms with van der Waals surface area (Å²) in [5.41, 5.74) is 2.74. The molecule has 0 amide bonds. The lowest BCUT2D eigenvalue weighted by Gasteiger charge is -2.34. The molecule has 0 saturated carbocycles. The highest BCUT2D eigenvalue weighted by Gasteiger charge is 2.20. The van der Waals surface area contributed by atoms with Gasteiger partial charge in [-0.2, -0.15) is 0 Å². The van der Waals surface area contributed by atoms with Gasteiger partial charge in [-0.3, -0.25) is 0 Å². The molecule has 1 saturated heterocycles. The maximum atomic E-state index is 5.95. The van der Waals surface area contributed by atoms with Crippen LogP contribution in [0.2, 0.25) is 5.02 Å². The molecule has 0 bridgehead atoms. The molecule has 1 fully saturated rings. The van der Waals surface area contributed by atoms with Crippen LogP contribution in [0, 0.1) is 0 Å². The predicted octanol–water partition coefficient (Wildman–Crippen LogP) is 5.49. The molecule has 0 spiro atoms. The van der Waals surface area contributed by atoms with Crippen molar-refractivity contribution in [3.8, 4) is 0 Å².